The van der Waals surface area contributed by atoms with Crippen LogP contribution in [0, 0.1) is 24.5 Å². The number of carbonyl (C=O) groups excluding carboxylic acids is 1. The number of amides is 1. The van der Waals surface area contributed by atoms with E-state index >= 15 is 0 Å². The quantitative estimate of drug-likeness (QED) is 0.585. The average molecular weight is 416 g/mol. The van der Waals surface area contributed by atoms with Crippen molar-refractivity contribution in [2.45, 2.75) is 26.8 Å². The first-order valence-corrected chi connectivity index (χ1v) is 10.1. The Bertz CT molecular complexity index is 1010. The van der Waals surface area contributed by atoms with Crippen LogP contribution in [-0.4, -0.2) is 22.4 Å². The second-order valence-corrected chi connectivity index (χ2v) is 7.88. The van der Waals surface area contributed by atoms with Gasteiger partial charge >= 0.3 is 0 Å². The molecule has 0 bridgehead atoms. The molecule has 0 saturated carbocycles. The zero-order valence-electron chi connectivity index (χ0n) is 16.4. The van der Waals surface area contributed by atoms with Crippen LogP contribution in [-0.2, 0) is 4.79 Å². The Balaban J connectivity index is 1.63. The van der Waals surface area contributed by atoms with E-state index in [1.54, 1.807) is 11.6 Å². The molecule has 3 aromatic rings. The largest absolute Gasteiger partial charge is 0.301 e. The molecule has 0 aliphatic carbocycles. The Labute approximate surface area is 172 Å². The van der Waals surface area contributed by atoms with E-state index in [2.05, 4.69) is 34.4 Å². The first-order chi connectivity index (χ1) is 13.8. The number of nitrogens with one attached hydrogen (secondary N) is 2. The van der Waals surface area contributed by atoms with Gasteiger partial charge in [0.2, 0.25) is 5.91 Å². The predicted octanol–water partition coefficient (Wildman–Crippen LogP) is 4.72. The zero-order chi connectivity index (χ0) is 21.0. The first kappa shape index (κ1) is 21.0. The Hall–Kier alpha value is -2.71. The molecule has 29 heavy (non-hydrogen) atoms. The number of aromatic nitrogens is 2. The van der Waals surface area contributed by atoms with E-state index in [9.17, 15) is 13.6 Å². The van der Waals surface area contributed by atoms with Crippen molar-refractivity contribution in [3.8, 4) is 11.3 Å². The van der Waals surface area contributed by atoms with Crippen LogP contribution in [0.2, 0.25) is 0 Å². The third-order valence-corrected chi connectivity index (χ3v) is 5.22. The minimum atomic E-state index is -0.935. The van der Waals surface area contributed by atoms with Gasteiger partial charge in [0.05, 0.1) is 24.0 Å². The van der Waals surface area contributed by atoms with E-state index in [0.717, 1.165) is 23.4 Å². The third-order valence-electron chi connectivity index (χ3n) is 4.46. The molecule has 2 N–H and O–H groups in total. The molecule has 0 aliphatic rings. The van der Waals surface area contributed by atoms with Crippen molar-refractivity contribution in [1.82, 2.24) is 15.3 Å². The minimum Gasteiger partial charge on any atom is -0.301 e. The van der Waals surface area contributed by atoms with Crippen molar-refractivity contribution in [1.29, 1.82) is 0 Å². The summed E-state index contributed by atoms with van der Waals surface area (Å²) in [4.78, 5) is 21.1. The number of nitrogens with zero attached hydrogens (tertiary/aromatic N) is 2. The van der Waals surface area contributed by atoms with Crippen LogP contribution >= 0.6 is 11.3 Å². The molecule has 1 aromatic carbocycles. The second-order valence-electron chi connectivity index (χ2n) is 7.02. The lowest BCUT2D eigenvalue weighted by atomic mass is 9.97. The number of thiazole rings is 1. The Morgan fingerprint density at radius 2 is 2.00 bits per heavy atom. The van der Waals surface area contributed by atoms with Gasteiger partial charge in [-0.2, -0.15) is 0 Å². The summed E-state index contributed by atoms with van der Waals surface area (Å²) < 4.78 is 26.5. The van der Waals surface area contributed by atoms with Crippen LogP contribution in [0.25, 0.3) is 11.3 Å². The van der Waals surface area contributed by atoms with E-state index in [0.29, 0.717) is 16.4 Å². The van der Waals surface area contributed by atoms with Crippen molar-refractivity contribution in [2.24, 2.45) is 5.92 Å². The van der Waals surface area contributed by atoms with E-state index in [1.165, 1.54) is 17.4 Å². The number of rotatable bonds is 7. The molecule has 3 rings (SSSR count). The van der Waals surface area contributed by atoms with Crippen LogP contribution < -0.4 is 10.6 Å². The van der Waals surface area contributed by atoms with Crippen LogP contribution in [0.5, 0.6) is 0 Å². The van der Waals surface area contributed by atoms with Gasteiger partial charge in [-0.25, -0.2) is 13.8 Å². The number of anilines is 1. The molecular weight excluding hydrogens is 394 g/mol. The van der Waals surface area contributed by atoms with E-state index in [1.807, 2.05) is 19.1 Å². The molecule has 5 nitrogen and oxygen atoms in total. The van der Waals surface area contributed by atoms with Gasteiger partial charge in [-0.05, 0) is 42.7 Å². The highest BCUT2D eigenvalue weighted by Crippen LogP contribution is 2.26. The summed E-state index contributed by atoms with van der Waals surface area (Å²) in [6.45, 7) is 6.23. The van der Waals surface area contributed by atoms with E-state index < -0.39 is 11.6 Å². The molecule has 0 fully saturated rings. The van der Waals surface area contributed by atoms with Gasteiger partial charge < -0.3 is 5.32 Å². The van der Waals surface area contributed by atoms with Gasteiger partial charge in [0.15, 0.2) is 16.8 Å². The molecule has 0 radical (unpaired) electrons. The van der Waals surface area contributed by atoms with Gasteiger partial charge in [0.25, 0.3) is 0 Å². The maximum atomic E-state index is 13.4. The Morgan fingerprint density at radius 3 is 2.69 bits per heavy atom. The van der Waals surface area contributed by atoms with Gasteiger partial charge in [-0.15, -0.1) is 11.3 Å². The van der Waals surface area contributed by atoms with Crippen molar-refractivity contribution >= 4 is 22.4 Å². The monoisotopic (exact) mass is 416 g/mol. The number of halogens is 2. The first-order valence-electron chi connectivity index (χ1n) is 9.21. The van der Waals surface area contributed by atoms with Gasteiger partial charge in [0.1, 0.15) is 0 Å². The lowest BCUT2D eigenvalue weighted by Gasteiger charge is -2.23. The molecule has 1 atom stereocenters. The molecule has 152 valence electrons. The number of hydrogen-bond donors (Lipinski definition) is 2. The summed E-state index contributed by atoms with van der Waals surface area (Å²) in [5.74, 6) is -1.84. The molecule has 0 saturated heterocycles. The number of carbonyl (C=O) groups is 1. The zero-order valence-corrected chi connectivity index (χ0v) is 17.2. The Morgan fingerprint density at radius 1 is 1.21 bits per heavy atom. The number of pyridine rings is 1. The van der Waals surface area contributed by atoms with Crippen LogP contribution in [0.3, 0.4) is 0 Å². The summed E-state index contributed by atoms with van der Waals surface area (Å²) in [5, 5.41) is 8.08. The molecule has 1 amide bonds. The molecule has 2 aromatic heterocycles. The lowest BCUT2D eigenvalue weighted by molar-refractivity contribution is -0.115. The molecule has 0 aliphatic heterocycles. The highest BCUT2D eigenvalue weighted by Gasteiger charge is 2.20. The number of hydrogen-bond acceptors (Lipinski definition) is 5. The third kappa shape index (κ3) is 5.21. The highest BCUT2D eigenvalue weighted by molar-refractivity contribution is 7.14. The van der Waals surface area contributed by atoms with Crippen LogP contribution in [0.4, 0.5) is 13.9 Å². The molecule has 1 unspecified atom stereocenters. The molecule has 2 heterocycles. The fourth-order valence-electron chi connectivity index (χ4n) is 2.96. The second kappa shape index (κ2) is 9.19. The fraction of sp³-hybridized carbons (Fsp3) is 0.286. The van der Waals surface area contributed by atoms with E-state index in [4.69, 9.17) is 0 Å². The maximum absolute atomic E-state index is 13.4. The fourth-order valence-corrected chi connectivity index (χ4v) is 3.69. The minimum absolute atomic E-state index is 0.0593. The predicted molar refractivity (Wildman–Crippen MR) is 111 cm³/mol. The van der Waals surface area contributed by atoms with Gasteiger partial charge in [0, 0.05) is 17.1 Å². The SMILES string of the molecule is Cc1cccnc1C(NCC(=O)Nc1nc(-c2ccc(F)c(F)c2)cs1)C(C)C. The van der Waals surface area contributed by atoms with E-state index in [-0.39, 0.29) is 24.4 Å². The summed E-state index contributed by atoms with van der Waals surface area (Å²) in [6.07, 6.45) is 1.74. The number of benzene rings is 1. The standard InChI is InChI=1S/C21H22F2N4OS/c1-12(2)19(20-13(3)5-4-8-24-20)25-10-18(28)27-21-26-17(11-29-21)14-6-7-15(22)16(23)9-14/h4-9,11-12,19,25H,10H2,1-3H3,(H,26,27,28). The maximum Gasteiger partial charge on any atom is 0.240 e. The van der Waals surface area contributed by atoms with Crippen LogP contribution in [0.1, 0.15) is 31.1 Å². The molecule has 8 heteroatoms. The molecule has 0 spiro atoms. The summed E-state index contributed by atoms with van der Waals surface area (Å²) in [7, 11) is 0. The summed E-state index contributed by atoms with van der Waals surface area (Å²) in [6, 6.07) is 7.40. The lowest BCUT2D eigenvalue weighted by Crippen LogP contribution is -2.34. The normalized spacial score (nSPS) is 12.2. The average Bonchev–Trinajstić information content (AvgIpc) is 3.13. The van der Waals surface area contributed by atoms with Crippen molar-refractivity contribution < 1.29 is 13.6 Å². The topological polar surface area (TPSA) is 66.9 Å². The number of aryl methyl sites for hydroxylation is 1. The van der Waals surface area contributed by atoms with Gasteiger partial charge in [-0.3, -0.25) is 15.1 Å². The van der Waals surface area contributed by atoms with Crippen molar-refractivity contribution in [3.05, 3.63) is 64.8 Å². The van der Waals surface area contributed by atoms with Gasteiger partial charge in [-0.1, -0.05) is 19.9 Å². The summed E-state index contributed by atoms with van der Waals surface area (Å²) >= 11 is 1.22. The highest BCUT2D eigenvalue weighted by atomic mass is 32.1. The molecular formula is C21H22F2N4OS. The van der Waals surface area contributed by atoms with Crippen molar-refractivity contribution in [3.63, 3.8) is 0 Å². The van der Waals surface area contributed by atoms with Crippen molar-refractivity contribution in [2.75, 3.05) is 11.9 Å². The van der Waals surface area contributed by atoms with Crippen LogP contribution in [0.15, 0.2) is 41.9 Å². The smallest absolute Gasteiger partial charge is 0.240 e. The Kier molecular flexibility index (Phi) is 6.66. The summed E-state index contributed by atoms with van der Waals surface area (Å²) in [5.41, 5.74) is 2.91.